The summed E-state index contributed by atoms with van der Waals surface area (Å²) in [4.78, 5) is 11.5. The first-order valence-electron chi connectivity index (χ1n) is 5.10. The topological polar surface area (TPSA) is 26.3 Å². The maximum Gasteiger partial charge on any atom is 0.309 e. The number of carbonyl (C=O) groups is 1. The van der Waals surface area contributed by atoms with E-state index >= 15 is 0 Å². The van der Waals surface area contributed by atoms with E-state index in [4.69, 9.17) is 4.74 Å². The quantitative estimate of drug-likeness (QED) is 0.622. The molecule has 0 bridgehead atoms. The van der Waals surface area contributed by atoms with Crippen LogP contribution in [-0.4, -0.2) is 17.4 Å². The third-order valence-electron chi connectivity index (χ3n) is 2.66. The predicted molar refractivity (Wildman–Crippen MR) is 61.9 cm³/mol. The van der Waals surface area contributed by atoms with Crippen LogP contribution in [-0.2, 0) is 16.0 Å². The number of rotatable bonds is 3. The molecular formula is C12H13BrO2. The molecule has 1 aromatic rings. The molecule has 0 radical (unpaired) electrons. The molecule has 1 aromatic carbocycles. The van der Waals surface area contributed by atoms with Gasteiger partial charge >= 0.3 is 5.97 Å². The van der Waals surface area contributed by atoms with Gasteiger partial charge in [-0.1, -0.05) is 46.3 Å². The molecule has 1 aliphatic heterocycles. The average molecular weight is 269 g/mol. The van der Waals surface area contributed by atoms with Gasteiger partial charge in [0.2, 0.25) is 0 Å². The fourth-order valence-corrected chi connectivity index (χ4v) is 2.28. The van der Waals surface area contributed by atoms with Crippen molar-refractivity contribution in [2.75, 3.05) is 5.33 Å². The van der Waals surface area contributed by atoms with Crippen molar-refractivity contribution in [1.29, 1.82) is 0 Å². The van der Waals surface area contributed by atoms with Gasteiger partial charge in [0.05, 0.1) is 5.92 Å². The molecule has 1 aliphatic rings. The van der Waals surface area contributed by atoms with E-state index in [1.807, 2.05) is 18.2 Å². The van der Waals surface area contributed by atoms with Crippen LogP contribution < -0.4 is 0 Å². The molecule has 15 heavy (non-hydrogen) atoms. The maximum absolute atomic E-state index is 11.5. The van der Waals surface area contributed by atoms with E-state index in [2.05, 4.69) is 28.1 Å². The Morgan fingerprint density at radius 3 is 2.67 bits per heavy atom. The number of cyclic esters (lactones) is 1. The Kier molecular flexibility index (Phi) is 3.41. The standard InChI is InChI=1S/C12H13BrO2/c13-8-11-7-10(12(14)15-11)6-9-4-2-1-3-5-9/h1-5,10-11H,6-8H2. The molecule has 0 aliphatic carbocycles. The SMILES string of the molecule is O=C1OC(CBr)CC1Cc1ccccc1. The third kappa shape index (κ3) is 2.59. The monoisotopic (exact) mass is 268 g/mol. The van der Waals surface area contributed by atoms with Crippen molar-refractivity contribution in [3.63, 3.8) is 0 Å². The molecule has 1 heterocycles. The zero-order chi connectivity index (χ0) is 10.7. The molecule has 3 heteroatoms. The largest absolute Gasteiger partial charge is 0.461 e. The summed E-state index contributed by atoms with van der Waals surface area (Å²) in [6, 6.07) is 10.1. The first-order chi connectivity index (χ1) is 7.29. The van der Waals surface area contributed by atoms with Gasteiger partial charge < -0.3 is 4.74 Å². The molecule has 2 nitrogen and oxygen atoms in total. The number of benzene rings is 1. The number of carbonyl (C=O) groups excluding carboxylic acids is 1. The van der Waals surface area contributed by atoms with Crippen LogP contribution in [0.1, 0.15) is 12.0 Å². The van der Waals surface area contributed by atoms with E-state index < -0.39 is 0 Å². The number of esters is 1. The van der Waals surface area contributed by atoms with Crippen LogP contribution in [0.5, 0.6) is 0 Å². The summed E-state index contributed by atoms with van der Waals surface area (Å²) in [6.07, 6.45) is 1.69. The molecule has 80 valence electrons. The Morgan fingerprint density at radius 1 is 1.33 bits per heavy atom. The van der Waals surface area contributed by atoms with Crippen molar-refractivity contribution in [3.05, 3.63) is 35.9 Å². The van der Waals surface area contributed by atoms with E-state index in [9.17, 15) is 4.79 Å². The van der Waals surface area contributed by atoms with Gasteiger partial charge in [0.25, 0.3) is 0 Å². The van der Waals surface area contributed by atoms with Gasteiger partial charge in [0.15, 0.2) is 0 Å². The normalized spacial score (nSPS) is 25.3. The minimum atomic E-state index is -0.0525. The highest BCUT2D eigenvalue weighted by molar-refractivity contribution is 9.09. The Hall–Kier alpha value is -0.830. The molecular weight excluding hydrogens is 256 g/mol. The second-order valence-corrected chi connectivity index (χ2v) is 4.48. The zero-order valence-corrected chi connectivity index (χ0v) is 9.94. The van der Waals surface area contributed by atoms with E-state index in [0.717, 1.165) is 18.2 Å². The molecule has 2 unspecified atom stereocenters. The van der Waals surface area contributed by atoms with Crippen LogP contribution in [0.3, 0.4) is 0 Å². The predicted octanol–water partition coefficient (Wildman–Crippen LogP) is 2.56. The minimum absolute atomic E-state index is 0.0370. The van der Waals surface area contributed by atoms with E-state index in [0.29, 0.717) is 0 Å². The number of halogens is 1. The second-order valence-electron chi connectivity index (χ2n) is 3.84. The van der Waals surface area contributed by atoms with Crippen LogP contribution >= 0.6 is 15.9 Å². The van der Waals surface area contributed by atoms with Crippen LogP contribution in [0, 0.1) is 5.92 Å². The Balaban J connectivity index is 1.99. The molecule has 1 saturated heterocycles. The van der Waals surface area contributed by atoms with Crippen molar-refractivity contribution < 1.29 is 9.53 Å². The summed E-state index contributed by atoms with van der Waals surface area (Å²) >= 11 is 3.34. The summed E-state index contributed by atoms with van der Waals surface area (Å²) in [7, 11) is 0. The molecule has 0 aromatic heterocycles. The van der Waals surface area contributed by atoms with Crippen LogP contribution in [0.2, 0.25) is 0 Å². The number of alkyl halides is 1. The van der Waals surface area contributed by atoms with Gasteiger partial charge in [-0.2, -0.15) is 0 Å². The van der Waals surface area contributed by atoms with Crippen molar-refractivity contribution in [2.45, 2.75) is 18.9 Å². The Morgan fingerprint density at radius 2 is 2.07 bits per heavy atom. The molecule has 2 atom stereocenters. The highest BCUT2D eigenvalue weighted by atomic mass is 79.9. The molecule has 1 fully saturated rings. The van der Waals surface area contributed by atoms with Gasteiger partial charge in [-0.15, -0.1) is 0 Å². The van der Waals surface area contributed by atoms with Crippen molar-refractivity contribution in [1.82, 2.24) is 0 Å². The highest BCUT2D eigenvalue weighted by Crippen LogP contribution is 2.25. The lowest BCUT2D eigenvalue weighted by atomic mass is 9.97. The van der Waals surface area contributed by atoms with Gasteiger partial charge in [-0.3, -0.25) is 4.79 Å². The number of ether oxygens (including phenoxy) is 1. The molecule has 2 rings (SSSR count). The third-order valence-corrected chi connectivity index (χ3v) is 3.38. The first-order valence-corrected chi connectivity index (χ1v) is 6.22. The lowest BCUT2D eigenvalue weighted by Crippen LogP contribution is -2.10. The number of hydrogen-bond acceptors (Lipinski definition) is 2. The van der Waals surface area contributed by atoms with Gasteiger partial charge in [0, 0.05) is 5.33 Å². The fourth-order valence-electron chi connectivity index (χ4n) is 1.88. The first kappa shape index (κ1) is 10.7. The molecule has 0 N–H and O–H groups in total. The zero-order valence-electron chi connectivity index (χ0n) is 8.36. The van der Waals surface area contributed by atoms with Crippen LogP contribution in [0.25, 0.3) is 0 Å². The lowest BCUT2D eigenvalue weighted by Gasteiger charge is -2.04. The van der Waals surface area contributed by atoms with E-state index in [1.165, 1.54) is 5.56 Å². The summed E-state index contributed by atoms with van der Waals surface area (Å²) in [5, 5.41) is 0.740. The van der Waals surface area contributed by atoms with E-state index in [1.54, 1.807) is 0 Å². The van der Waals surface area contributed by atoms with Gasteiger partial charge in [0.1, 0.15) is 6.10 Å². The Labute approximate surface area is 97.8 Å². The fraction of sp³-hybridized carbons (Fsp3) is 0.417. The highest BCUT2D eigenvalue weighted by Gasteiger charge is 2.33. The lowest BCUT2D eigenvalue weighted by molar-refractivity contribution is -0.143. The van der Waals surface area contributed by atoms with Crippen LogP contribution in [0.15, 0.2) is 30.3 Å². The Bertz CT molecular complexity index is 337. The molecule has 0 spiro atoms. The van der Waals surface area contributed by atoms with Crippen molar-refractivity contribution >= 4 is 21.9 Å². The average Bonchev–Trinajstić information content (AvgIpc) is 2.61. The second kappa shape index (κ2) is 4.79. The van der Waals surface area contributed by atoms with Crippen LogP contribution in [0.4, 0.5) is 0 Å². The van der Waals surface area contributed by atoms with Gasteiger partial charge in [-0.25, -0.2) is 0 Å². The maximum atomic E-state index is 11.5. The van der Waals surface area contributed by atoms with E-state index in [-0.39, 0.29) is 18.0 Å². The minimum Gasteiger partial charge on any atom is -0.461 e. The van der Waals surface area contributed by atoms with Gasteiger partial charge in [-0.05, 0) is 18.4 Å². The molecule has 0 saturated carbocycles. The smallest absolute Gasteiger partial charge is 0.309 e. The molecule has 0 amide bonds. The summed E-state index contributed by atoms with van der Waals surface area (Å²) in [6.45, 7) is 0. The number of hydrogen-bond donors (Lipinski definition) is 0. The van der Waals surface area contributed by atoms with Crippen molar-refractivity contribution in [3.8, 4) is 0 Å². The van der Waals surface area contributed by atoms with Crippen molar-refractivity contribution in [2.24, 2.45) is 5.92 Å². The summed E-state index contributed by atoms with van der Waals surface area (Å²) < 4.78 is 5.21. The summed E-state index contributed by atoms with van der Waals surface area (Å²) in [5.41, 5.74) is 1.20. The summed E-state index contributed by atoms with van der Waals surface area (Å²) in [5.74, 6) is -0.0155.